The van der Waals surface area contributed by atoms with Crippen LogP contribution >= 0.6 is 11.6 Å². The SMILES string of the molecule is CCC(Cl)=NO. The summed E-state index contributed by atoms with van der Waals surface area (Å²) in [6.45, 7) is 1.81. The zero-order valence-electron chi connectivity index (χ0n) is 3.48. The van der Waals surface area contributed by atoms with E-state index in [1.165, 1.54) is 0 Å². The van der Waals surface area contributed by atoms with Gasteiger partial charge in [-0.3, -0.25) is 0 Å². The first-order valence-electron chi connectivity index (χ1n) is 1.67. The van der Waals surface area contributed by atoms with Crippen molar-refractivity contribution in [2.45, 2.75) is 13.3 Å². The summed E-state index contributed by atoms with van der Waals surface area (Å²) in [5, 5.41) is 10.7. The summed E-state index contributed by atoms with van der Waals surface area (Å²) in [6, 6.07) is 0. The molecule has 2 nitrogen and oxygen atoms in total. The van der Waals surface area contributed by atoms with Crippen LogP contribution in [0.15, 0.2) is 5.16 Å². The Kier molecular flexibility index (Phi) is 2.85. The number of nitrogens with zero attached hydrogens (tertiary/aromatic N) is 1. The van der Waals surface area contributed by atoms with Gasteiger partial charge >= 0.3 is 0 Å². The number of hydrogen-bond donors (Lipinski definition) is 1. The zero-order chi connectivity index (χ0) is 4.99. The van der Waals surface area contributed by atoms with Crippen molar-refractivity contribution in [3.8, 4) is 0 Å². The molecule has 0 aliphatic carbocycles. The van der Waals surface area contributed by atoms with Crippen molar-refractivity contribution < 1.29 is 5.21 Å². The van der Waals surface area contributed by atoms with Crippen molar-refractivity contribution >= 4 is 16.8 Å². The van der Waals surface area contributed by atoms with E-state index < -0.39 is 0 Å². The molecule has 0 atom stereocenters. The van der Waals surface area contributed by atoms with Crippen LogP contribution < -0.4 is 0 Å². The third-order valence-electron chi connectivity index (χ3n) is 0.400. The number of halogens is 1. The first-order chi connectivity index (χ1) is 2.81. The van der Waals surface area contributed by atoms with Crippen molar-refractivity contribution in [3.05, 3.63) is 0 Å². The normalized spacial score (nSPS) is 12.0. The molecule has 0 rings (SSSR count). The molecule has 0 amide bonds. The molecule has 0 bridgehead atoms. The van der Waals surface area contributed by atoms with Crippen molar-refractivity contribution in [1.29, 1.82) is 0 Å². The van der Waals surface area contributed by atoms with E-state index in [1.54, 1.807) is 0 Å². The first kappa shape index (κ1) is 5.76. The highest BCUT2D eigenvalue weighted by Gasteiger charge is 1.81. The molecule has 0 radical (unpaired) electrons. The molecule has 0 saturated carbocycles. The van der Waals surface area contributed by atoms with Crippen LogP contribution in [-0.4, -0.2) is 10.4 Å². The number of rotatable bonds is 1. The van der Waals surface area contributed by atoms with Gasteiger partial charge in [-0.2, -0.15) is 0 Å². The monoisotopic (exact) mass is 107 g/mol. The molecular weight excluding hydrogens is 101 g/mol. The molecule has 0 unspecified atom stereocenters. The average Bonchev–Trinajstić information content (AvgIpc) is 1.65. The average molecular weight is 108 g/mol. The maximum atomic E-state index is 7.79. The molecule has 0 aliphatic rings. The number of hydrogen-bond acceptors (Lipinski definition) is 2. The Morgan fingerprint density at radius 3 is 2.50 bits per heavy atom. The molecule has 3 heteroatoms. The molecule has 0 spiro atoms. The van der Waals surface area contributed by atoms with Crippen LogP contribution in [0.1, 0.15) is 13.3 Å². The van der Waals surface area contributed by atoms with Crippen LogP contribution in [0.4, 0.5) is 0 Å². The Bertz CT molecular complexity index is 61.8. The Labute approximate surface area is 41.4 Å². The highest BCUT2D eigenvalue weighted by molar-refractivity contribution is 6.65. The van der Waals surface area contributed by atoms with Crippen LogP contribution in [-0.2, 0) is 0 Å². The van der Waals surface area contributed by atoms with Gasteiger partial charge in [0.05, 0.1) is 0 Å². The van der Waals surface area contributed by atoms with E-state index in [1.807, 2.05) is 6.92 Å². The molecule has 0 fully saturated rings. The second-order valence-electron chi connectivity index (χ2n) is 0.830. The standard InChI is InChI=1S/C3H6ClNO/c1-2-3(4)5-6/h6H,2H2,1H3. The van der Waals surface area contributed by atoms with E-state index in [0.29, 0.717) is 6.42 Å². The third kappa shape index (κ3) is 2.03. The summed E-state index contributed by atoms with van der Waals surface area (Å²) in [7, 11) is 0. The van der Waals surface area contributed by atoms with Gasteiger partial charge in [-0.25, -0.2) is 0 Å². The summed E-state index contributed by atoms with van der Waals surface area (Å²) in [6.07, 6.45) is 0.595. The van der Waals surface area contributed by atoms with E-state index in [0.717, 1.165) is 0 Å². The zero-order valence-corrected chi connectivity index (χ0v) is 4.24. The van der Waals surface area contributed by atoms with Gasteiger partial charge in [-0.1, -0.05) is 23.7 Å². The van der Waals surface area contributed by atoms with Crippen molar-refractivity contribution in [2.24, 2.45) is 5.16 Å². The minimum absolute atomic E-state index is 0.245. The molecule has 0 heterocycles. The fourth-order valence-electron chi connectivity index (χ4n) is 0.0707. The van der Waals surface area contributed by atoms with Gasteiger partial charge in [0, 0.05) is 6.42 Å². The molecule has 1 N–H and O–H groups in total. The van der Waals surface area contributed by atoms with E-state index >= 15 is 0 Å². The first-order valence-corrected chi connectivity index (χ1v) is 2.05. The van der Waals surface area contributed by atoms with Gasteiger partial charge in [0.25, 0.3) is 0 Å². The van der Waals surface area contributed by atoms with Gasteiger partial charge < -0.3 is 5.21 Å². The van der Waals surface area contributed by atoms with E-state index in [9.17, 15) is 0 Å². The Hall–Kier alpha value is -0.240. The summed E-state index contributed by atoms with van der Waals surface area (Å²) in [4.78, 5) is 0. The molecule has 36 valence electrons. The fraction of sp³-hybridized carbons (Fsp3) is 0.667. The lowest BCUT2D eigenvalue weighted by Crippen LogP contribution is -1.78. The molecular formula is C3H6ClNO. The van der Waals surface area contributed by atoms with E-state index in [2.05, 4.69) is 5.16 Å². The predicted molar refractivity (Wildman–Crippen MR) is 25.4 cm³/mol. The molecule has 0 aromatic heterocycles. The van der Waals surface area contributed by atoms with Crippen molar-refractivity contribution in [3.63, 3.8) is 0 Å². The van der Waals surface area contributed by atoms with E-state index in [-0.39, 0.29) is 5.17 Å². The molecule has 0 aromatic rings. The smallest absolute Gasteiger partial charge is 0.145 e. The second kappa shape index (κ2) is 2.97. The van der Waals surface area contributed by atoms with Crippen LogP contribution in [0, 0.1) is 0 Å². The Balaban J connectivity index is 3.22. The Morgan fingerprint density at radius 1 is 2.00 bits per heavy atom. The van der Waals surface area contributed by atoms with Gasteiger partial charge in [0.2, 0.25) is 0 Å². The second-order valence-corrected chi connectivity index (χ2v) is 1.27. The molecule has 0 aliphatic heterocycles. The van der Waals surface area contributed by atoms with Gasteiger partial charge in [-0.15, -0.1) is 0 Å². The Morgan fingerprint density at radius 2 is 2.50 bits per heavy atom. The quantitative estimate of drug-likeness (QED) is 0.307. The molecule has 0 saturated heterocycles. The molecule has 6 heavy (non-hydrogen) atoms. The van der Waals surface area contributed by atoms with E-state index in [4.69, 9.17) is 16.8 Å². The van der Waals surface area contributed by atoms with Crippen molar-refractivity contribution in [2.75, 3.05) is 0 Å². The predicted octanol–water partition coefficient (Wildman–Crippen LogP) is 1.42. The van der Waals surface area contributed by atoms with Gasteiger partial charge in [-0.05, 0) is 0 Å². The third-order valence-corrected chi connectivity index (χ3v) is 0.743. The van der Waals surface area contributed by atoms with Crippen LogP contribution in [0.5, 0.6) is 0 Å². The van der Waals surface area contributed by atoms with Gasteiger partial charge in [0.15, 0.2) is 0 Å². The highest BCUT2D eigenvalue weighted by atomic mass is 35.5. The summed E-state index contributed by atoms with van der Waals surface area (Å²) >= 11 is 5.15. The maximum Gasteiger partial charge on any atom is 0.145 e. The van der Waals surface area contributed by atoms with Crippen LogP contribution in [0.2, 0.25) is 0 Å². The van der Waals surface area contributed by atoms with Crippen LogP contribution in [0.25, 0.3) is 0 Å². The topological polar surface area (TPSA) is 32.6 Å². The highest BCUT2D eigenvalue weighted by Crippen LogP contribution is 1.87. The van der Waals surface area contributed by atoms with Crippen molar-refractivity contribution in [1.82, 2.24) is 0 Å². The lowest BCUT2D eigenvalue weighted by atomic mass is 10.5. The minimum Gasteiger partial charge on any atom is -0.410 e. The number of oxime groups is 1. The summed E-state index contributed by atoms with van der Waals surface area (Å²) < 4.78 is 0. The maximum absolute atomic E-state index is 7.79. The minimum atomic E-state index is 0.245. The lowest BCUT2D eigenvalue weighted by molar-refractivity contribution is 0.319. The van der Waals surface area contributed by atoms with Gasteiger partial charge in [0.1, 0.15) is 5.17 Å². The van der Waals surface area contributed by atoms with Crippen LogP contribution in [0.3, 0.4) is 0 Å². The fourth-order valence-corrected chi connectivity index (χ4v) is 0.0707. The largest absolute Gasteiger partial charge is 0.410 e. The summed E-state index contributed by atoms with van der Waals surface area (Å²) in [5.74, 6) is 0. The summed E-state index contributed by atoms with van der Waals surface area (Å²) in [5.41, 5.74) is 0. The lowest BCUT2D eigenvalue weighted by Gasteiger charge is -1.78. The molecule has 0 aromatic carbocycles.